The fourth-order valence-corrected chi connectivity index (χ4v) is 7.68. The number of nitrogens with one attached hydrogen (secondary N) is 3. The van der Waals surface area contributed by atoms with E-state index in [1.54, 1.807) is 18.2 Å². The van der Waals surface area contributed by atoms with Crippen LogP contribution in [0.5, 0.6) is 17.2 Å². The molecule has 0 unspecified atom stereocenters. The normalized spacial score (nSPS) is 10.8. The Morgan fingerprint density at radius 2 is 0.737 bits per heavy atom. The molecule has 4 rings (SSSR count). The van der Waals surface area contributed by atoms with Gasteiger partial charge in [0.1, 0.15) is 17.2 Å². The Morgan fingerprint density at radius 1 is 0.456 bits per heavy atom. The van der Waals surface area contributed by atoms with Gasteiger partial charge in [-0.15, -0.1) is 0 Å². The maximum Gasteiger partial charge on any atom is 0.268 e. The van der Waals surface area contributed by atoms with Gasteiger partial charge in [-0.2, -0.15) is 35.3 Å². The van der Waals surface area contributed by atoms with Crippen LogP contribution in [0.4, 0.5) is 0 Å². The zero-order valence-electron chi connectivity index (χ0n) is 32.8. The molecule has 0 aliphatic carbocycles. The largest absolute Gasteiger partial charge is 0.493 e. The lowest BCUT2D eigenvalue weighted by molar-refractivity contribution is 0.0941. The number of carbonyl (C=O) groups excluding carboxylic acids is 3. The molecule has 306 valence electrons. The first-order chi connectivity index (χ1) is 27.8. The molecule has 0 fully saturated rings. The number of rotatable bonds is 24. The minimum Gasteiger partial charge on any atom is -0.493 e. The molecule has 0 spiro atoms. The highest BCUT2D eigenvalue weighted by atomic mass is 32.2. The van der Waals surface area contributed by atoms with Gasteiger partial charge < -0.3 is 14.2 Å². The van der Waals surface area contributed by atoms with Crippen molar-refractivity contribution in [1.29, 1.82) is 0 Å². The Hall–Kier alpha value is -4.38. The minimum absolute atomic E-state index is 0.321. The number of amides is 3. The van der Waals surface area contributed by atoms with Crippen LogP contribution >= 0.6 is 35.3 Å². The maximum absolute atomic E-state index is 12.8. The van der Waals surface area contributed by atoms with Crippen LogP contribution in [0.3, 0.4) is 0 Å². The van der Waals surface area contributed by atoms with Crippen LogP contribution in [-0.2, 0) is 0 Å². The van der Waals surface area contributed by atoms with Crippen molar-refractivity contribution < 1.29 is 28.6 Å². The van der Waals surface area contributed by atoms with Gasteiger partial charge in [-0.1, -0.05) is 39.0 Å². The van der Waals surface area contributed by atoms with Gasteiger partial charge in [0.25, 0.3) is 17.7 Å². The molecule has 0 radical (unpaired) electrons. The topological polar surface area (TPSA) is 193 Å². The molecule has 0 aliphatic heterocycles. The van der Waals surface area contributed by atoms with Crippen LogP contribution in [0.1, 0.15) is 71.1 Å². The molecule has 0 saturated heterocycles. The Kier molecular flexibility index (Phi) is 19.4. The van der Waals surface area contributed by atoms with E-state index in [4.69, 9.17) is 31.7 Å². The van der Waals surface area contributed by atoms with Gasteiger partial charge in [0.2, 0.25) is 0 Å². The molecule has 0 atom stereocenters. The van der Waals surface area contributed by atoms with Gasteiger partial charge in [0.05, 0.1) is 36.5 Å². The van der Waals surface area contributed by atoms with Crippen molar-refractivity contribution in [3.63, 3.8) is 0 Å². The van der Waals surface area contributed by atoms with E-state index in [1.807, 2.05) is 89.9 Å². The van der Waals surface area contributed by atoms with Gasteiger partial charge in [-0.05, 0) is 142 Å². The van der Waals surface area contributed by atoms with E-state index in [9.17, 15) is 14.4 Å². The van der Waals surface area contributed by atoms with Crippen LogP contribution < -0.4 is 48.0 Å². The number of nitrogen functional groups attached to an aromatic ring is 3. The van der Waals surface area contributed by atoms with Crippen molar-refractivity contribution >= 4 is 53.0 Å². The minimum atomic E-state index is -0.459. The molecule has 0 aromatic heterocycles. The van der Waals surface area contributed by atoms with Gasteiger partial charge in [0, 0.05) is 0 Å². The maximum atomic E-state index is 12.8. The van der Waals surface area contributed by atoms with Crippen molar-refractivity contribution in [2.75, 3.05) is 54.3 Å². The molecule has 0 heterocycles. The summed E-state index contributed by atoms with van der Waals surface area (Å²) in [5.74, 6) is 22.3. The van der Waals surface area contributed by atoms with Crippen LogP contribution in [-0.4, -0.2) is 72.1 Å². The first-order valence-corrected chi connectivity index (χ1v) is 22.5. The molecule has 3 amide bonds. The standard InChI is InChI=1S/C42H54N6O6S3/c1-4-55-19-7-16-52-37-25-28(10-13-34(37)40(49)46-43)31-22-32(29-11-14-35(41(50)47-44)38(26-29)53-17-8-20-56-5-2)24-33(23-31)30-12-15-36(42(51)48-45)39(27-30)54-18-9-21-57-6-3/h10-15,22-27H,4-9,16-21,43-45H2,1-3H3,(H,46,49)(H,47,50)(H,48,51). The Balaban J connectivity index is 1.87. The summed E-state index contributed by atoms with van der Waals surface area (Å²) in [6.45, 7) is 7.62. The lowest BCUT2D eigenvalue weighted by Gasteiger charge is -2.17. The second-order valence-corrected chi connectivity index (χ2v) is 16.7. The van der Waals surface area contributed by atoms with Crippen LogP contribution in [0.15, 0.2) is 72.8 Å². The Morgan fingerprint density at radius 3 is 0.982 bits per heavy atom. The number of hydrogen-bond donors (Lipinski definition) is 6. The average Bonchev–Trinajstić information content (AvgIpc) is 3.25. The molecule has 15 heteroatoms. The molecule has 0 saturated carbocycles. The Labute approximate surface area is 348 Å². The quantitative estimate of drug-likeness (QED) is 0.0183. The van der Waals surface area contributed by atoms with Crippen molar-refractivity contribution in [2.45, 2.75) is 40.0 Å². The molecule has 4 aromatic rings. The predicted octanol–water partition coefficient (Wildman–Crippen LogP) is 7.06. The highest BCUT2D eigenvalue weighted by Crippen LogP contribution is 2.38. The van der Waals surface area contributed by atoms with Gasteiger partial charge in [-0.25, -0.2) is 17.5 Å². The first kappa shape index (κ1) is 45.3. The van der Waals surface area contributed by atoms with E-state index < -0.39 is 17.7 Å². The second kappa shape index (κ2) is 24.4. The number of thioether (sulfide) groups is 3. The summed E-state index contributed by atoms with van der Waals surface area (Å²) in [7, 11) is 0. The lowest BCUT2D eigenvalue weighted by atomic mass is 9.92. The van der Waals surface area contributed by atoms with Crippen LogP contribution in [0.2, 0.25) is 0 Å². The predicted molar refractivity (Wildman–Crippen MR) is 237 cm³/mol. The SMILES string of the molecule is CCSCCCOc1cc(-c2cc(-c3ccc(C(=O)NN)c(OCCCSCC)c3)cc(-c3ccc(C(=O)NN)c(OCCCSCC)c3)c2)ccc1C(=O)NN. The molecular weight excluding hydrogens is 781 g/mol. The summed E-state index contributed by atoms with van der Waals surface area (Å²) in [6, 6.07) is 22.3. The summed E-state index contributed by atoms with van der Waals surface area (Å²) in [6.07, 6.45) is 2.43. The fraction of sp³-hybridized carbons (Fsp3) is 0.357. The average molecular weight is 835 g/mol. The van der Waals surface area contributed by atoms with Gasteiger partial charge >= 0.3 is 0 Å². The summed E-state index contributed by atoms with van der Waals surface area (Å²) < 4.78 is 18.6. The van der Waals surface area contributed by atoms with Crippen LogP contribution in [0.25, 0.3) is 33.4 Å². The third kappa shape index (κ3) is 13.3. The number of nitrogens with two attached hydrogens (primary N) is 3. The molecule has 57 heavy (non-hydrogen) atoms. The van der Waals surface area contributed by atoms with Gasteiger partial charge in [-0.3, -0.25) is 30.7 Å². The second-order valence-electron chi connectivity index (χ2n) is 12.5. The molecule has 4 aromatic carbocycles. The van der Waals surface area contributed by atoms with E-state index in [0.717, 1.165) is 87.2 Å². The fourth-order valence-electron chi connectivity index (χ4n) is 5.85. The van der Waals surface area contributed by atoms with E-state index in [1.165, 1.54) is 0 Å². The molecular formula is C42H54N6O6S3. The van der Waals surface area contributed by atoms with E-state index in [2.05, 4.69) is 37.0 Å². The number of benzene rings is 4. The zero-order valence-corrected chi connectivity index (χ0v) is 35.3. The number of carbonyl (C=O) groups is 3. The van der Waals surface area contributed by atoms with E-state index in [0.29, 0.717) is 53.8 Å². The summed E-state index contributed by atoms with van der Waals surface area (Å²) in [5.41, 5.74) is 12.5. The molecule has 0 bridgehead atoms. The number of hydrazine groups is 3. The van der Waals surface area contributed by atoms with Crippen molar-refractivity contribution in [1.82, 2.24) is 16.3 Å². The third-order valence-electron chi connectivity index (χ3n) is 8.69. The first-order valence-electron chi connectivity index (χ1n) is 19.0. The molecule has 0 aliphatic rings. The molecule has 12 nitrogen and oxygen atoms in total. The van der Waals surface area contributed by atoms with Crippen molar-refractivity contribution in [3.05, 3.63) is 89.5 Å². The van der Waals surface area contributed by atoms with Crippen LogP contribution in [0, 0.1) is 0 Å². The van der Waals surface area contributed by atoms with E-state index in [-0.39, 0.29) is 0 Å². The Bertz CT molecular complexity index is 1720. The van der Waals surface area contributed by atoms with E-state index >= 15 is 0 Å². The highest BCUT2D eigenvalue weighted by molar-refractivity contribution is 7.99. The summed E-state index contributed by atoms with van der Waals surface area (Å²) in [4.78, 5) is 38.4. The van der Waals surface area contributed by atoms with Crippen molar-refractivity contribution in [2.24, 2.45) is 17.5 Å². The zero-order chi connectivity index (χ0) is 41.0. The lowest BCUT2D eigenvalue weighted by Crippen LogP contribution is -2.30. The van der Waals surface area contributed by atoms with Gasteiger partial charge in [0.15, 0.2) is 0 Å². The number of ether oxygens (including phenoxy) is 3. The molecule has 9 N–H and O–H groups in total. The summed E-state index contributed by atoms with van der Waals surface area (Å²) >= 11 is 5.47. The summed E-state index contributed by atoms with van der Waals surface area (Å²) in [5, 5.41) is 0. The van der Waals surface area contributed by atoms with Crippen molar-refractivity contribution in [3.8, 4) is 50.6 Å². The smallest absolute Gasteiger partial charge is 0.268 e. The number of hydrogen-bond acceptors (Lipinski definition) is 12. The third-order valence-corrected chi connectivity index (χ3v) is 11.6. The monoisotopic (exact) mass is 834 g/mol. The highest BCUT2D eigenvalue weighted by Gasteiger charge is 2.19.